The Morgan fingerprint density at radius 2 is 0.950 bits per heavy atom. The zero-order valence-corrected chi connectivity index (χ0v) is 12.1. The fourth-order valence-electron chi connectivity index (χ4n) is 0.829. The summed E-state index contributed by atoms with van der Waals surface area (Å²) in [5.41, 5.74) is 0.150. The van der Waals surface area contributed by atoms with Gasteiger partial charge in [-0.15, -0.1) is 0 Å². The molecule has 0 heterocycles. The van der Waals surface area contributed by atoms with Crippen LogP contribution in [0.5, 0.6) is 0 Å². The van der Waals surface area contributed by atoms with Gasteiger partial charge in [0.2, 0.25) is 0 Å². The highest BCUT2D eigenvalue weighted by atomic mass is 16.9. The Labute approximate surface area is 119 Å². The Bertz CT molecular complexity index is 422. The number of carbonyl (C=O) groups is 3. The van der Waals surface area contributed by atoms with Crippen molar-refractivity contribution in [2.24, 2.45) is 0 Å². The van der Waals surface area contributed by atoms with Gasteiger partial charge in [0, 0.05) is 18.1 Å². The molecule has 0 N–H and O–H groups in total. The van der Waals surface area contributed by atoms with Crippen LogP contribution in [-0.2, 0) is 28.6 Å². The zero-order valence-electron chi connectivity index (χ0n) is 12.1. The summed E-state index contributed by atoms with van der Waals surface area (Å²) in [5.74, 6) is -4.85. The van der Waals surface area contributed by atoms with E-state index in [1.165, 1.54) is 20.8 Å². The molecule has 0 fully saturated rings. The average Bonchev–Trinajstić information content (AvgIpc) is 2.27. The lowest BCUT2D eigenvalue weighted by atomic mass is 10.3. The molecule has 0 aliphatic heterocycles. The number of esters is 3. The van der Waals surface area contributed by atoms with Gasteiger partial charge < -0.3 is 14.2 Å². The van der Waals surface area contributed by atoms with Crippen LogP contribution < -0.4 is 0 Å². The molecule has 112 valence electrons. The lowest BCUT2D eigenvalue weighted by Gasteiger charge is -2.28. The molecule has 0 aromatic heterocycles. The van der Waals surface area contributed by atoms with Crippen molar-refractivity contribution < 1.29 is 30.0 Å². The molecule has 6 heteroatoms. The molecule has 0 rings (SSSR count). The molecule has 0 aromatic carbocycles. The van der Waals surface area contributed by atoms with E-state index in [1.807, 2.05) is 0 Å². The SMILES string of the molecule is C=C(C)C(=O)OC(C)(OC(=O)C(=C)C)OC(=O)C(=C)C.[2HH]. The zero-order chi connectivity index (χ0) is 16.1. The number of hydrogen-bond acceptors (Lipinski definition) is 6. The summed E-state index contributed by atoms with van der Waals surface area (Å²) in [6.07, 6.45) is 0. The predicted molar refractivity (Wildman–Crippen MR) is 73.2 cm³/mol. The summed E-state index contributed by atoms with van der Waals surface area (Å²) in [5, 5.41) is 0. The van der Waals surface area contributed by atoms with Crippen LogP contribution >= 0.6 is 0 Å². The van der Waals surface area contributed by atoms with Crippen molar-refractivity contribution in [3.05, 3.63) is 36.5 Å². The van der Waals surface area contributed by atoms with Crippen molar-refractivity contribution >= 4 is 17.9 Å². The molecule has 0 saturated heterocycles. The van der Waals surface area contributed by atoms with Crippen molar-refractivity contribution in [1.29, 1.82) is 0 Å². The van der Waals surface area contributed by atoms with E-state index in [4.69, 9.17) is 14.2 Å². The van der Waals surface area contributed by atoms with Gasteiger partial charge in [0.15, 0.2) is 0 Å². The Balaban J connectivity index is 0. The minimum Gasteiger partial charge on any atom is -0.385 e. The van der Waals surface area contributed by atoms with Crippen LogP contribution in [0.1, 0.15) is 29.1 Å². The van der Waals surface area contributed by atoms with E-state index in [2.05, 4.69) is 19.7 Å². The van der Waals surface area contributed by atoms with Crippen LogP contribution in [-0.4, -0.2) is 23.9 Å². The number of rotatable bonds is 6. The Hall–Kier alpha value is -2.37. The van der Waals surface area contributed by atoms with Crippen molar-refractivity contribution in [3.8, 4) is 0 Å². The van der Waals surface area contributed by atoms with Gasteiger partial charge in [-0.1, -0.05) is 19.7 Å². The molecule has 0 bridgehead atoms. The van der Waals surface area contributed by atoms with E-state index in [0.717, 1.165) is 6.92 Å². The third-order valence-electron chi connectivity index (χ3n) is 1.88. The minimum atomic E-state index is -2.22. The minimum absolute atomic E-state index is 0. The molecular formula is C14H20O6. The van der Waals surface area contributed by atoms with Crippen LogP contribution in [0.3, 0.4) is 0 Å². The Kier molecular flexibility index (Phi) is 5.90. The maximum atomic E-state index is 11.5. The van der Waals surface area contributed by atoms with Gasteiger partial charge in [-0.2, -0.15) is 0 Å². The third-order valence-corrected chi connectivity index (χ3v) is 1.88. The van der Waals surface area contributed by atoms with Crippen molar-refractivity contribution in [2.45, 2.75) is 33.7 Å². The summed E-state index contributed by atoms with van der Waals surface area (Å²) in [4.78, 5) is 34.5. The molecule has 0 aliphatic carbocycles. The highest BCUT2D eigenvalue weighted by molar-refractivity contribution is 5.90. The smallest absolute Gasteiger partial charge is 0.385 e. The molecule has 0 spiro atoms. The topological polar surface area (TPSA) is 78.9 Å². The molecule has 0 amide bonds. The van der Waals surface area contributed by atoms with E-state index in [-0.39, 0.29) is 18.1 Å². The number of hydrogen-bond donors (Lipinski definition) is 0. The molecule has 0 radical (unpaired) electrons. The summed E-state index contributed by atoms with van der Waals surface area (Å²) >= 11 is 0. The number of carbonyl (C=O) groups excluding carboxylic acids is 3. The summed E-state index contributed by atoms with van der Waals surface area (Å²) < 4.78 is 14.5. The van der Waals surface area contributed by atoms with Crippen LogP contribution in [0.15, 0.2) is 36.5 Å². The van der Waals surface area contributed by atoms with Crippen LogP contribution in [0, 0.1) is 0 Å². The van der Waals surface area contributed by atoms with Gasteiger partial charge in [0.1, 0.15) is 0 Å². The van der Waals surface area contributed by atoms with E-state index >= 15 is 0 Å². The molecule has 0 aromatic rings. The lowest BCUT2D eigenvalue weighted by Crippen LogP contribution is -2.42. The standard InChI is InChI=1S/C14H18O6.H2/c1-8(2)11(15)18-14(7,19-12(16)9(3)4)20-13(17)10(5)6;/h1,3,5H2,2,4,6-7H3;1H/i;1+1. The molecule has 20 heavy (non-hydrogen) atoms. The monoisotopic (exact) mass is 285 g/mol. The highest BCUT2D eigenvalue weighted by Gasteiger charge is 2.38. The maximum absolute atomic E-state index is 11.5. The molecule has 0 saturated carbocycles. The first kappa shape index (κ1) is 17.6. The van der Waals surface area contributed by atoms with Crippen LogP contribution in [0.2, 0.25) is 0 Å². The van der Waals surface area contributed by atoms with Gasteiger partial charge in [0.25, 0.3) is 0 Å². The summed E-state index contributed by atoms with van der Waals surface area (Å²) in [6.45, 7) is 15.4. The van der Waals surface area contributed by atoms with E-state index in [1.54, 1.807) is 0 Å². The third kappa shape index (κ3) is 5.51. The second-order valence-corrected chi connectivity index (χ2v) is 4.37. The van der Waals surface area contributed by atoms with Gasteiger partial charge in [-0.05, 0) is 20.8 Å². The largest absolute Gasteiger partial charge is 0.421 e. The van der Waals surface area contributed by atoms with Crippen molar-refractivity contribution in [3.63, 3.8) is 0 Å². The summed E-state index contributed by atoms with van der Waals surface area (Å²) in [6, 6.07) is 0. The van der Waals surface area contributed by atoms with Gasteiger partial charge in [-0.3, -0.25) is 0 Å². The fraction of sp³-hybridized carbons (Fsp3) is 0.357. The first-order valence-corrected chi connectivity index (χ1v) is 5.65. The average molecular weight is 285 g/mol. The molecule has 0 unspecified atom stereocenters. The molecule has 6 nitrogen and oxygen atoms in total. The highest BCUT2D eigenvalue weighted by Crippen LogP contribution is 2.20. The quantitative estimate of drug-likeness (QED) is 0.423. The number of ether oxygens (including phenoxy) is 3. The predicted octanol–water partition coefficient (Wildman–Crippen LogP) is 2.26. The Morgan fingerprint density at radius 1 is 0.750 bits per heavy atom. The van der Waals surface area contributed by atoms with Gasteiger partial charge >= 0.3 is 23.9 Å². The molecule has 0 aliphatic rings. The van der Waals surface area contributed by atoms with Crippen molar-refractivity contribution in [1.82, 2.24) is 0 Å². The van der Waals surface area contributed by atoms with Crippen LogP contribution in [0.4, 0.5) is 0 Å². The Morgan fingerprint density at radius 3 is 1.10 bits per heavy atom. The molecule has 0 atom stereocenters. The van der Waals surface area contributed by atoms with Crippen molar-refractivity contribution in [2.75, 3.05) is 0 Å². The first-order chi connectivity index (χ1) is 8.98. The van der Waals surface area contributed by atoms with E-state index in [9.17, 15) is 14.4 Å². The van der Waals surface area contributed by atoms with Gasteiger partial charge in [-0.25, -0.2) is 14.4 Å². The first-order valence-electron chi connectivity index (χ1n) is 5.65. The molecular weight excluding hydrogens is 264 g/mol. The lowest BCUT2D eigenvalue weighted by molar-refractivity contribution is -0.315. The summed E-state index contributed by atoms with van der Waals surface area (Å²) in [7, 11) is 0. The fourth-order valence-corrected chi connectivity index (χ4v) is 0.829. The normalized spacial score (nSPS) is 10.2. The van der Waals surface area contributed by atoms with Crippen LogP contribution in [0.25, 0.3) is 0 Å². The van der Waals surface area contributed by atoms with Gasteiger partial charge in [0.05, 0.1) is 6.92 Å². The second-order valence-electron chi connectivity index (χ2n) is 4.37. The van der Waals surface area contributed by atoms with E-state index in [0.29, 0.717) is 0 Å². The maximum Gasteiger partial charge on any atom is 0.421 e. The second kappa shape index (κ2) is 6.70. The van der Waals surface area contributed by atoms with E-state index < -0.39 is 23.9 Å².